The molecule has 0 aliphatic carbocycles. The van der Waals surface area contributed by atoms with Crippen molar-refractivity contribution in [2.45, 2.75) is 27.7 Å². The fraction of sp³-hybridized carbons (Fsp3) is 0.105. The molecule has 0 fully saturated rings. The predicted octanol–water partition coefficient (Wildman–Crippen LogP) is 6.02. The van der Waals surface area contributed by atoms with Crippen LogP contribution in [-0.4, -0.2) is 35.8 Å². The highest BCUT2D eigenvalue weighted by Gasteiger charge is 2.43. The van der Waals surface area contributed by atoms with Crippen LogP contribution in [0.4, 0.5) is 0 Å². The van der Waals surface area contributed by atoms with Gasteiger partial charge in [-0.05, 0) is 73.4 Å². The van der Waals surface area contributed by atoms with E-state index in [0.29, 0.717) is 5.82 Å². The van der Waals surface area contributed by atoms with Gasteiger partial charge in [-0.2, -0.15) is 0 Å². The molecule has 0 N–H and O–H groups in total. The number of hydrogen-bond acceptors (Lipinski definition) is 4. The normalized spacial score (nSPS) is 12.8. The van der Waals surface area contributed by atoms with Gasteiger partial charge >= 0.3 is 0 Å². The SMILES string of the molecule is Cc1cc2ncn3c2c(c1C)B1c2c-3cc3c(-c4ccccc4)nc(-c4ccccc4)nc3c2-n2cnc3cc(C)c(C)c1c32. The van der Waals surface area contributed by atoms with Gasteiger partial charge in [0.2, 0.25) is 0 Å². The van der Waals surface area contributed by atoms with Crippen molar-refractivity contribution in [1.82, 2.24) is 29.1 Å². The van der Waals surface area contributed by atoms with E-state index in [4.69, 9.17) is 19.9 Å². The maximum absolute atomic E-state index is 5.41. The molecule has 10 rings (SSSR count). The fourth-order valence-electron chi connectivity index (χ4n) is 7.88. The van der Waals surface area contributed by atoms with Crippen LogP contribution < -0.4 is 16.4 Å². The average Bonchev–Trinajstić information content (AvgIpc) is 3.69. The number of imidazole rings is 2. The first kappa shape index (κ1) is 24.8. The third kappa shape index (κ3) is 3.10. The minimum Gasteiger partial charge on any atom is -0.300 e. The molecule has 0 saturated carbocycles. The highest BCUT2D eigenvalue weighted by atomic mass is 15.1. The van der Waals surface area contributed by atoms with Gasteiger partial charge in [-0.3, -0.25) is 9.13 Å². The Morgan fingerprint density at radius 1 is 0.600 bits per heavy atom. The molecule has 7 heteroatoms. The molecule has 5 aromatic carbocycles. The second-order valence-corrected chi connectivity index (χ2v) is 12.5. The van der Waals surface area contributed by atoms with Crippen LogP contribution in [0.5, 0.6) is 0 Å². The number of nitrogens with zero attached hydrogens (tertiary/aromatic N) is 6. The Morgan fingerprint density at radius 2 is 1.18 bits per heavy atom. The van der Waals surface area contributed by atoms with Crippen LogP contribution in [-0.2, 0) is 0 Å². The Kier molecular flexibility index (Phi) is 4.71. The summed E-state index contributed by atoms with van der Waals surface area (Å²) in [6.45, 7) is 8.97. The van der Waals surface area contributed by atoms with E-state index in [1.165, 1.54) is 44.2 Å². The number of aryl methyl sites for hydroxylation is 2. The summed E-state index contributed by atoms with van der Waals surface area (Å²) in [6, 6.07) is 27.5. The number of rotatable bonds is 2. The Morgan fingerprint density at radius 3 is 1.82 bits per heavy atom. The highest BCUT2D eigenvalue weighted by molar-refractivity contribution is 7.00. The van der Waals surface area contributed by atoms with Crippen molar-refractivity contribution in [2.75, 3.05) is 0 Å². The van der Waals surface area contributed by atoms with Gasteiger partial charge < -0.3 is 0 Å². The zero-order valence-electron chi connectivity index (χ0n) is 25.4. The molecule has 45 heavy (non-hydrogen) atoms. The number of fused-ring (bicyclic) bond motifs is 6. The molecule has 0 bridgehead atoms. The summed E-state index contributed by atoms with van der Waals surface area (Å²) in [7, 11) is 0. The third-order valence-corrected chi connectivity index (χ3v) is 10.2. The lowest BCUT2D eigenvalue weighted by atomic mass is 9.32. The predicted molar refractivity (Wildman–Crippen MR) is 183 cm³/mol. The third-order valence-electron chi connectivity index (χ3n) is 10.2. The molecule has 3 aromatic heterocycles. The molecule has 2 aliphatic heterocycles. The van der Waals surface area contributed by atoms with Gasteiger partial charge in [-0.25, -0.2) is 19.9 Å². The first-order valence-electron chi connectivity index (χ1n) is 15.4. The van der Waals surface area contributed by atoms with E-state index < -0.39 is 0 Å². The first-order valence-corrected chi connectivity index (χ1v) is 15.4. The van der Waals surface area contributed by atoms with Crippen molar-refractivity contribution in [3.8, 4) is 34.0 Å². The summed E-state index contributed by atoms with van der Waals surface area (Å²) in [6.07, 6.45) is 3.99. The van der Waals surface area contributed by atoms with Crippen molar-refractivity contribution < 1.29 is 0 Å². The molecule has 8 aromatic rings. The topological polar surface area (TPSA) is 61.4 Å². The summed E-state index contributed by atoms with van der Waals surface area (Å²) in [5.41, 5.74) is 19.5. The molecule has 0 spiro atoms. The van der Waals surface area contributed by atoms with E-state index in [-0.39, 0.29) is 6.71 Å². The molecule has 2 aliphatic rings. The lowest BCUT2D eigenvalue weighted by Gasteiger charge is -2.35. The Bertz CT molecular complexity index is 2580. The number of benzene rings is 5. The maximum Gasteiger partial charge on any atom is 0.253 e. The molecule has 212 valence electrons. The van der Waals surface area contributed by atoms with Crippen molar-refractivity contribution in [3.05, 3.63) is 114 Å². The zero-order chi connectivity index (χ0) is 30.1. The van der Waals surface area contributed by atoms with Gasteiger partial charge in [0, 0.05) is 22.2 Å². The molecule has 0 unspecified atom stereocenters. The number of hydrogen-bond donors (Lipinski definition) is 0. The maximum atomic E-state index is 5.41. The van der Waals surface area contributed by atoms with Gasteiger partial charge in [-0.1, -0.05) is 71.8 Å². The lowest BCUT2D eigenvalue weighted by Crippen LogP contribution is -2.61. The quantitative estimate of drug-likeness (QED) is 0.236. The second-order valence-electron chi connectivity index (χ2n) is 12.5. The van der Waals surface area contributed by atoms with Gasteiger partial charge in [0.1, 0.15) is 12.7 Å². The van der Waals surface area contributed by atoms with Crippen molar-refractivity contribution in [3.63, 3.8) is 0 Å². The van der Waals surface area contributed by atoms with E-state index in [2.05, 4.69) is 91.4 Å². The van der Waals surface area contributed by atoms with Crippen LogP contribution in [0.15, 0.2) is 91.5 Å². The van der Waals surface area contributed by atoms with Gasteiger partial charge in [0.15, 0.2) is 5.82 Å². The summed E-state index contributed by atoms with van der Waals surface area (Å²) >= 11 is 0. The Hall–Kier alpha value is -5.56. The van der Waals surface area contributed by atoms with Gasteiger partial charge in [0.05, 0.1) is 39.0 Å². The highest BCUT2D eigenvalue weighted by Crippen LogP contribution is 2.39. The Balaban J connectivity index is 1.47. The Labute approximate surface area is 260 Å². The zero-order valence-corrected chi connectivity index (χ0v) is 25.4. The summed E-state index contributed by atoms with van der Waals surface area (Å²) < 4.78 is 4.60. The van der Waals surface area contributed by atoms with Crippen LogP contribution in [0.25, 0.3) is 67.0 Å². The molecule has 0 amide bonds. The molecular formula is C38H27BN6. The molecule has 0 saturated heterocycles. The van der Waals surface area contributed by atoms with E-state index >= 15 is 0 Å². The van der Waals surface area contributed by atoms with Crippen molar-refractivity contribution >= 4 is 56.1 Å². The molecule has 0 radical (unpaired) electrons. The van der Waals surface area contributed by atoms with E-state index in [1.54, 1.807) is 0 Å². The lowest BCUT2D eigenvalue weighted by molar-refractivity contribution is 1.06. The average molecular weight is 578 g/mol. The van der Waals surface area contributed by atoms with Crippen molar-refractivity contribution in [2.24, 2.45) is 0 Å². The standard InChI is InChI=1S/C38H27BN6/c1-20-15-27-35-30(22(20)3)39-31-23(4)21(2)16-28-36(31)45(19-41-28)37-32(39)29(44(35)18-40-27)17-26-33(24-11-7-5-8-12-24)42-38(43-34(26)37)25-13-9-6-10-14-25/h5-19H,1-4H3. The van der Waals surface area contributed by atoms with E-state index in [9.17, 15) is 0 Å². The molecule has 5 heterocycles. The van der Waals surface area contributed by atoms with Gasteiger partial charge in [0.25, 0.3) is 6.71 Å². The van der Waals surface area contributed by atoms with Gasteiger partial charge in [-0.15, -0.1) is 0 Å². The van der Waals surface area contributed by atoms with E-state index in [1.807, 2.05) is 36.9 Å². The summed E-state index contributed by atoms with van der Waals surface area (Å²) in [4.78, 5) is 20.6. The van der Waals surface area contributed by atoms with Crippen LogP contribution in [0.1, 0.15) is 22.3 Å². The summed E-state index contributed by atoms with van der Waals surface area (Å²) in [5.74, 6) is 0.713. The number of aromatic nitrogens is 6. The van der Waals surface area contributed by atoms with Crippen LogP contribution >= 0.6 is 0 Å². The largest absolute Gasteiger partial charge is 0.300 e. The monoisotopic (exact) mass is 578 g/mol. The summed E-state index contributed by atoms with van der Waals surface area (Å²) in [5, 5.41) is 1.01. The smallest absolute Gasteiger partial charge is 0.253 e. The minimum absolute atomic E-state index is 0.0212. The van der Waals surface area contributed by atoms with E-state index in [0.717, 1.165) is 55.6 Å². The second kappa shape index (κ2) is 8.54. The first-order chi connectivity index (χ1) is 22.0. The van der Waals surface area contributed by atoms with Crippen LogP contribution in [0.3, 0.4) is 0 Å². The van der Waals surface area contributed by atoms with Crippen LogP contribution in [0.2, 0.25) is 0 Å². The molecule has 0 atom stereocenters. The fourth-order valence-corrected chi connectivity index (χ4v) is 7.88. The molecule has 6 nitrogen and oxygen atoms in total. The minimum atomic E-state index is 0.0212. The van der Waals surface area contributed by atoms with Crippen LogP contribution in [0, 0.1) is 27.7 Å². The van der Waals surface area contributed by atoms with Crippen molar-refractivity contribution in [1.29, 1.82) is 0 Å². The molecular weight excluding hydrogens is 551 g/mol.